The number of benzene rings is 1. The second-order valence-corrected chi connectivity index (χ2v) is 7.92. The van der Waals surface area contributed by atoms with Gasteiger partial charge in [0.05, 0.1) is 5.69 Å². The van der Waals surface area contributed by atoms with Gasteiger partial charge in [0.15, 0.2) is 0 Å². The van der Waals surface area contributed by atoms with Crippen molar-refractivity contribution >= 4 is 23.3 Å². The first-order valence-electron chi connectivity index (χ1n) is 9.35. The van der Waals surface area contributed by atoms with E-state index in [2.05, 4.69) is 16.5 Å². The predicted molar refractivity (Wildman–Crippen MR) is 109 cm³/mol. The maximum Gasteiger partial charge on any atom is 0.253 e. The molecular weight excluding hydrogens is 356 g/mol. The second kappa shape index (κ2) is 8.15. The molecule has 1 amide bonds. The van der Waals surface area contributed by atoms with Crippen LogP contribution in [0.25, 0.3) is 5.65 Å². The molecule has 0 spiro atoms. The van der Waals surface area contributed by atoms with Crippen LogP contribution in [0.15, 0.2) is 59.8 Å². The van der Waals surface area contributed by atoms with Crippen LogP contribution in [-0.4, -0.2) is 46.4 Å². The van der Waals surface area contributed by atoms with Crippen LogP contribution in [0, 0.1) is 0 Å². The van der Waals surface area contributed by atoms with Crippen LogP contribution in [0.4, 0.5) is 0 Å². The Morgan fingerprint density at radius 3 is 2.67 bits per heavy atom. The Balaban J connectivity index is 1.35. The largest absolute Gasteiger partial charge is 0.339 e. The van der Waals surface area contributed by atoms with Crippen molar-refractivity contribution in [3.63, 3.8) is 0 Å². The molecule has 0 radical (unpaired) electrons. The number of likely N-dealkylation sites (tertiary alicyclic amines) is 1. The summed E-state index contributed by atoms with van der Waals surface area (Å²) >= 11 is 1.74. The first kappa shape index (κ1) is 18.1. The van der Waals surface area contributed by atoms with E-state index in [9.17, 15) is 4.79 Å². The van der Waals surface area contributed by atoms with Crippen LogP contribution in [0.3, 0.4) is 0 Å². The number of pyridine rings is 1. The van der Waals surface area contributed by atoms with Gasteiger partial charge in [0.1, 0.15) is 5.65 Å². The Morgan fingerprint density at radius 2 is 1.96 bits per heavy atom. The van der Waals surface area contributed by atoms with Gasteiger partial charge in [-0.05, 0) is 56.3 Å². The normalized spacial score (nSPS) is 15.4. The zero-order valence-electron chi connectivity index (χ0n) is 15.5. The molecule has 1 aliphatic rings. The lowest BCUT2D eigenvalue weighted by Crippen LogP contribution is -2.43. The SMILES string of the molecule is CNC1CCN(C(=O)c2ccc(SCc3cn4ccccc4n3)cc2)CC1. The van der Waals surface area contributed by atoms with E-state index in [0.717, 1.165) is 53.5 Å². The van der Waals surface area contributed by atoms with E-state index in [-0.39, 0.29) is 5.91 Å². The first-order valence-corrected chi connectivity index (χ1v) is 10.3. The summed E-state index contributed by atoms with van der Waals surface area (Å²) in [6.45, 7) is 1.66. The van der Waals surface area contributed by atoms with Gasteiger partial charge >= 0.3 is 0 Å². The summed E-state index contributed by atoms with van der Waals surface area (Å²) in [6.07, 6.45) is 6.12. The van der Waals surface area contributed by atoms with Gasteiger partial charge in [-0.2, -0.15) is 0 Å². The molecule has 1 aromatic carbocycles. The van der Waals surface area contributed by atoms with Crippen molar-refractivity contribution in [1.82, 2.24) is 19.6 Å². The Morgan fingerprint density at radius 1 is 1.19 bits per heavy atom. The summed E-state index contributed by atoms with van der Waals surface area (Å²) in [7, 11) is 1.99. The van der Waals surface area contributed by atoms with Crippen LogP contribution in [0.2, 0.25) is 0 Å². The number of amides is 1. The number of carbonyl (C=O) groups excluding carboxylic acids is 1. The van der Waals surface area contributed by atoms with Crippen molar-refractivity contribution < 1.29 is 4.79 Å². The van der Waals surface area contributed by atoms with Crippen molar-refractivity contribution in [2.24, 2.45) is 0 Å². The number of piperidine rings is 1. The molecule has 27 heavy (non-hydrogen) atoms. The van der Waals surface area contributed by atoms with E-state index in [1.165, 1.54) is 0 Å². The van der Waals surface area contributed by atoms with Crippen LogP contribution in [0.1, 0.15) is 28.9 Å². The molecule has 1 saturated heterocycles. The third kappa shape index (κ3) is 4.17. The zero-order chi connectivity index (χ0) is 18.6. The maximum atomic E-state index is 12.7. The molecule has 140 valence electrons. The number of thioether (sulfide) groups is 1. The van der Waals surface area contributed by atoms with Gasteiger partial charge in [0, 0.05) is 47.7 Å². The van der Waals surface area contributed by atoms with Crippen LogP contribution < -0.4 is 5.32 Å². The lowest BCUT2D eigenvalue weighted by molar-refractivity contribution is 0.0707. The third-order valence-corrected chi connectivity index (χ3v) is 6.14. The highest BCUT2D eigenvalue weighted by atomic mass is 32.2. The van der Waals surface area contributed by atoms with Crippen LogP contribution in [-0.2, 0) is 5.75 Å². The third-order valence-electron chi connectivity index (χ3n) is 5.09. The van der Waals surface area contributed by atoms with Crippen molar-refractivity contribution in [3.05, 3.63) is 66.1 Å². The molecule has 2 aromatic heterocycles. The van der Waals surface area contributed by atoms with E-state index in [1.54, 1.807) is 11.8 Å². The summed E-state index contributed by atoms with van der Waals surface area (Å²) in [6, 6.07) is 14.5. The highest BCUT2D eigenvalue weighted by molar-refractivity contribution is 7.98. The number of nitrogens with one attached hydrogen (secondary N) is 1. The Labute approximate surface area is 163 Å². The summed E-state index contributed by atoms with van der Waals surface area (Å²) < 4.78 is 2.04. The maximum absolute atomic E-state index is 12.7. The summed E-state index contributed by atoms with van der Waals surface area (Å²) in [5, 5.41) is 3.30. The molecule has 0 unspecified atom stereocenters. The van der Waals surface area contributed by atoms with Crippen molar-refractivity contribution in [2.45, 2.75) is 29.5 Å². The predicted octanol–water partition coefficient (Wildman–Crippen LogP) is 3.45. The number of imidazole rings is 1. The number of hydrogen-bond acceptors (Lipinski definition) is 4. The topological polar surface area (TPSA) is 49.6 Å². The molecule has 4 rings (SSSR count). The van der Waals surface area contributed by atoms with Gasteiger partial charge in [-0.3, -0.25) is 4.79 Å². The lowest BCUT2D eigenvalue weighted by atomic mass is 10.0. The van der Waals surface area contributed by atoms with Crippen molar-refractivity contribution in [3.8, 4) is 0 Å². The van der Waals surface area contributed by atoms with Gasteiger partial charge in [0.2, 0.25) is 0 Å². The molecule has 6 heteroatoms. The highest BCUT2D eigenvalue weighted by Gasteiger charge is 2.22. The molecular formula is C21H24N4OS. The van der Waals surface area contributed by atoms with Gasteiger partial charge in [-0.1, -0.05) is 6.07 Å². The minimum absolute atomic E-state index is 0.140. The molecule has 0 aliphatic carbocycles. The van der Waals surface area contributed by atoms with Crippen LogP contribution in [0.5, 0.6) is 0 Å². The molecule has 3 aromatic rings. The average molecular weight is 381 g/mol. The van der Waals surface area contributed by atoms with Gasteiger partial charge < -0.3 is 14.6 Å². The monoisotopic (exact) mass is 380 g/mol. The van der Waals surface area contributed by atoms with Gasteiger partial charge in [-0.25, -0.2) is 4.98 Å². The fraction of sp³-hybridized carbons (Fsp3) is 0.333. The number of aromatic nitrogens is 2. The van der Waals surface area contributed by atoms with E-state index in [4.69, 9.17) is 0 Å². The molecule has 1 fully saturated rings. The first-order chi connectivity index (χ1) is 13.2. The molecule has 1 N–H and O–H groups in total. The minimum Gasteiger partial charge on any atom is -0.339 e. The van der Waals surface area contributed by atoms with E-state index < -0.39 is 0 Å². The van der Waals surface area contributed by atoms with Crippen molar-refractivity contribution in [1.29, 1.82) is 0 Å². The van der Waals surface area contributed by atoms with Gasteiger partial charge in [-0.15, -0.1) is 11.8 Å². The number of nitrogens with zero attached hydrogens (tertiary/aromatic N) is 3. The minimum atomic E-state index is 0.140. The number of rotatable bonds is 5. The highest BCUT2D eigenvalue weighted by Crippen LogP contribution is 2.24. The van der Waals surface area contributed by atoms with E-state index >= 15 is 0 Å². The molecule has 0 bridgehead atoms. The Hall–Kier alpha value is -2.31. The van der Waals surface area contributed by atoms with Gasteiger partial charge in [0.25, 0.3) is 5.91 Å². The fourth-order valence-corrected chi connectivity index (χ4v) is 4.24. The average Bonchev–Trinajstić information content (AvgIpc) is 3.15. The quantitative estimate of drug-likeness (QED) is 0.689. The van der Waals surface area contributed by atoms with E-state index in [0.29, 0.717) is 6.04 Å². The summed E-state index contributed by atoms with van der Waals surface area (Å²) in [5.74, 6) is 0.952. The second-order valence-electron chi connectivity index (χ2n) is 6.87. The molecule has 0 saturated carbocycles. The lowest BCUT2D eigenvalue weighted by Gasteiger charge is -2.31. The fourth-order valence-electron chi connectivity index (χ4n) is 3.46. The number of hydrogen-bond donors (Lipinski definition) is 1. The zero-order valence-corrected chi connectivity index (χ0v) is 16.3. The van der Waals surface area contributed by atoms with Crippen molar-refractivity contribution in [2.75, 3.05) is 20.1 Å². The Kier molecular flexibility index (Phi) is 5.45. The summed E-state index contributed by atoms with van der Waals surface area (Å²) in [4.78, 5) is 20.4. The Bertz CT molecular complexity index is 880. The summed E-state index contributed by atoms with van der Waals surface area (Å²) in [5.41, 5.74) is 2.80. The number of carbonyl (C=O) groups is 1. The van der Waals surface area contributed by atoms with Crippen LogP contribution >= 0.6 is 11.8 Å². The molecule has 3 heterocycles. The molecule has 1 aliphatic heterocycles. The molecule has 0 atom stereocenters. The smallest absolute Gasteiger partial charge is 0.253 e. The van der Waals surface area contributed by atoms with E-state index in [1.807, 2.05) is 65.0 Å². The molecule has 5 nitrogen and oxygen atoms in total. The standard InChI is InChI=1S/C21H24N4OS/c1-22-17-9-12-24(13-10-17)21(26)16-5-7-19(8-6-16)27-15-18-14-25-11-3-2-4-20(25)23-18/h2-8,11,14,17,22H,9-10,12-13,15H2,1H3. The number of fused-ring (bicyclic) bond motifs is 1.